The van der Waals surface area contributed by atoms with Gasteiger partial charge in [-0.15, -0.1) is 0 Å². The van der Waals surface area contributed by atoms with E-state index in [0.717, 1.165) is 16.4 Å². The summed E-state index contributed by atoms with van der Waals surface area (Å²) in [6, 6.07) is 16.6. The Labute approximate surface area is 225 Å². The maximum atomic E-state index is 10.2. The van der Waals surface area contributed by atoms with E-state index in [2.05, 4.69) is 19.1 Å². The van der Waals surface area contributed by atoms with E-state index in [4.69, 9.17) is 6.11 Å². The SMILES string of the molecule is [2H]c1cc(OCC(O)CCCCCCCCCCCC)ccc1[I+]c1ccccc1.[F][Sb-]([F])([F])([F])([F])[F]. The summed E-state index contributed by atoms with van der Waals surface area (Å²) in [5.41, 5.74) is 0. The number of halogens is 7. The van der Waals surface area contributed by atoms with Gasteiger partial charge in [0.25, 0.3) is 0 Å². The molecular weight excluding hydrogens is 707 g/mol. The molecule has 2 rings (SSSR count). The molecule has 2 aromatic carbocycles. The van der Waals surface area contributed by atoms with E-state index >= 15 is 0 Å². The summed E-state index contributed by atoms with van der Waals surface area (Å²) >= 11 is -11.6. The summed E-state index contributed by atoms with van der Waals surface area (Å²) in [5, 5.41) is 10.2. The molecule has 2 aromatic rings. The third-order valence-electron chi connectivity index (χ3n) is 5.02. The van der Waals surface area contributed by atoms with Crippen LogP contribution in [0.15, 0.2) is 54.6 Å². The zero-order valence-corrected chi connectivity index (χ0v) is 25.3. The second-order valence-corrected chi connectivity index (χ2v) is 17.1. The Morgan fingerprint density at radius 3 is 1.83 bits per heavy atom. The molecule has 0 heterocycles. The van der Waals surface area contributed by atoms with Gasteiger partial charge in [-0.2, -0.15) is 0 Å². The van der Waals surface area contributed by atoms with Crippen LogP contribution in [0.4, 0.5) is 16.9 Å². The van der Waals surface area contributed by atoms with Gasteiger partial charge in [-0.3, -0.25) is 0 Å². The fourth-order valence-electron chi connectivity index (χ4n) is 3.28. The van der Waals surface area contributed by atoms with Crippen molar-refractivity contribution >= 4 is 19.5 Å². The monoisotopic (exact) mass is 745 g/mol. The topological polar surface area (TPSA) is 29.5 Å². The van der Waals surface area contributed by atoms with Gasteiger partial charge in [-0.05, 0) is 42.8 Å². The van der Waals surface area contributed by atoms with Crippen LogP contribution in [0.5, 0.6) is 5.75 Å². The fourth-order valence-corrected chi connectivity index (χ4v) is 5.40. The van der Waals surface area contributed by atoms with E-state index in [9.17, 15) is 22.0 Å². The number of ether oxygens (including phenoxy) is 1. The number of rotatable bonds is 16. The van der Waals surface area contributed by atoms with Crippen molar-refractivity contribution in [3.8, 4) is 5.75 Å². The van der Waals surface area contributed by atoms with Crippen LogP contribution in [0, 0.1) is 7.14 Å². The molecule has 0 radical (unpaired) electrons. The molecule has 0 saturated heterocycles. The van der Waals surface area contributed by atoms with Crippen LogP contribution in [0.1, 0.15) is 78.9 Å². The number of benzene rings is 2. The van der Waals surface area contributed by atoms with Crippen LogP contribution in [0.2, 0.25) is 0 Å². The molecule has 0 saturated carbocycles. The molecule has 1 unspecified atom stereocenters. The van der Waals surface area contributed by atoms with Crippen molar-refractivity contribution in [2.75, 3.05) is 6.61 Å². The van der Waals surface area contributed by atoms with Crippen LogP contribution in [0.3, 0.4) is 0 Å². The Bertz CT molecular complexity index is 890. The number of hydrogen-bond acceptors (Lipinski definition) is 2. The average Bonchev–Trinajstić information content (AvgIpc) is 2.79. The predicted octanol–water partition coefficient (Wildman–Crippen LogP) is 6.01. The third kappa shape index (κ3) is 23.7. The molecule has 10 heteroatoms. The summed E-state index contributed by atoms with van der Waals surface area (Å²) in [6.45, 7) is 2.57. The van der Waals surface area contributed by atoms with Crippen LogP contribution in [-0.4, -0.2) is 37.3 Å². The Morgan fingerprint density at radius 1 is 0.778 bits per heavy atom. The molecule has 2 nitrogen and oxygen atoms in total. The summed E-state index contributed by atoms with van der Waals surface area (Å²) in [4.78, 5) is 0. The predicted molar refractivity (Wildman–Crippen MR) is 131 cm³/mol. The number of hydrogen-bond donors (Lipinski definition) is 1. The Morgan fingerprint density at radius 2 is 1.31 bits per heavy atom. The van der Waals surface area contributed by atoms with Gasteiger partial charge in [-0.25, -0.2) is 0 Å². The van der Waals surface area contributed by atoms with E-state index in [0.29, 0.717) is 18.4 Å². The molecular formula is C26H38F6IO2Sb. The van der Waals surface area contributed by atoms with Crippen LogP contribution < -0.4 is 25.9 Å². The first-order chi connectivity index (χ1) is 17.1. The van der Waals surface area contributed by atoms with Crippen molar-refractivity contribution in [1.29, 1.82) is 0 Å². The molecule has 1 N–H and O–H groups in total. The van der Waals surface area contributed by atoms with Crippen LogP contribution in [0.25, 0.3) is 0 Å². The van der Waals surface area contributed by atoms with Crippen LogP contribution >= 0.6 is 0 Å². The molecule has 0 aliphatic heterocycles. The van der Waals surface area contributed by atoms with Gasteiger partial charge in [0, 0.05) is 0 Å². The van der Waals surface area contributed by atoms with E-state index < -0.39 is 25.6 Å². The van der Waals surface area contributed by atoms with E-state index in [-0.39, 0.29) is 21.2 Å². The fraction of sp³-hybridized carbons (Fsp3) is 0.538. The zero-order valence-electron chi connectivity index (χ0n) is 21.6. The van der Waals surface area contributed by atoms with Crippen molar-refractivity contribution in [2.45, 2.75) is 83.7 Å². The van der Waals surface area contributed by atoms with Crippen molar-refractivity contribution < 1.29 is 49.3 Å². The van der Waals surface area contributed by atoms with Crippen molar-refractivity contribution in [3.63, 3.8) is 0 Å². The third-order valence-corrected chi connectivity index (χ3v) is 7.62. The van der Waals surface area contributed by atoms with E-state index in [1.54, 1.807) is 6.07 Å². The molecule has 36 heavy (non-hydrogen) atoms. The summed E-state index contributed by atoms with van der Waals surface area (Å²) < 4.78 is 76.0. The Kier molecular flexibility index (Phi) is 13.7. The van der Waals surface area contributed by atoms with E-state index in [1.807, 2.05) is 30.3 Å². The first-order valence-corrected chi connectivity index (χ1v) is 20.3. The molecule has 0 aliphatic rings. The number of unbranched alkanes of at least 4 members (excludes halogenated alkanes) is 9. The minimum absolute atomic E-state index is 0.309. The average molecular weight is 746 g/mol. The van der Waals surface area contributed by atoms with Gasteiger partial charge in [0.05, 0.1) is 7.47 Å². The number of aliphatic hydroxyl groups is 1. The molecule has 0 amide bonds. The minimum atomic E-state index is -11.2. The molecule has 0 fully saturated rings. The van der Waals surface area contributed by atoms with Gasteiger partial charge in [0.15, 0.2) is 7.14 Å². The maximum absolute atomic E-state index is 11.2. The Hall–Kier alpha value is -0.672. The molecule has 0 spiro atoms. The van der Waals surface area contributed by atoms with Gasteiger partial charge in [-0.1, -0.05) is 89.3 Å². The first-order valence-electron chi connectivity index (χ1n) is 12.8. The zero-order chi connectivity index (χ0) is 27.9. The van der Waals surface area contributed by atoms with Crippen molar-refractivity contribution in [3.05, 3.63) is 61.7 Å². The summed E-state index contributed by atoms with van der Waals surface area (Å²) in [6.07, 6.45) is 13.4. The molecule has 0 aromatic heterocycles. The van der Waals surface area contributed by atoms with Crippen LogP contribution in [-0.2, 0) is 0 Å². The first kappa shape index (κ1) is 31.5. The molecule has 1 atom stereocenters. The molecule has 0 bridgehead atoms. The Balaban J connectivity index is 0.000000856. The number of aliphatic hydroxyl groups excluding tert-OH is 1. The van der Waals surface area contributed by atoms with Gasteiger partial charge in [0.2, 0.25) is 0 Å². The standard InChI is InChI=1S/C26H38IO2.6FH.Sb/c1-2-3-4-5-6-7-8-9-10-14-17-25(28)22-29-26-20-18-24(19-21-26)27-23-15-12-11-13-16-23;;;;;;;/h11-13,15-16,18-21,25,28H,2-10,14,17,22H2,1H3;6*1H;/q+1;;;;;;;+5/p-6/i18D;;;;;;;. The normalized spacial score (nSPS) is 14.6. The quantitative estimate of drug-likeness (QED) is 0.0989. The van der Waals surface area contributed by atoms with Gasteiger partial charge in [0.1, 0.15) is 12.4 Å². The molecule has 208 valence electrons. The second kappa shape index (κ2) is 15.7. The summed E-state index contributed by atoms with van der Waals surface area (Å²) in [7, 11) is 0. The van der Waals surface area contributed by atoms with Gasteiger partial charge >= 0.3 is 57.6 Å². The van der Waals surface area contributed by atoms with Gasteiger partial charge < -0.3 is 9.84 Å². The van der Waals surface area contributed by atoms with E-state index in [1.165, 1.54) is 61.4 Å². The second-order valence-electron chi connectivity index (χ2n) is 8.66. The van der Waals surface area contributed by atoms with Crippen molar-refractivity contribution in [2.24, 2.45) is 0 Å². The van der Waals surface area contributed by atoms with Crippen molar-refractivity contribution in [1.82, 2.24) is 0 Å². The molecule has 0 aliphatic carbocycles. The summed E-state index contributed by atoms with van der Waals surface area (Å²) in [5.74, 6) is 0.683.